The van der Waals surface area contributed by atoms with Crippen LogP contribution in [0.25, 0.3) is 0 Å². The van der Waals surface area contributed by atoms with Gasteiger partial charge in [0.05, 0.1) is 38.5 Å². The molecule has 0 fully saturated rings. The molecule has 0 bridgehead atoms. The lowest BCUT2D eigenvalue weighted by Gasteiger charge is -2.26. The number of rotatable bonds is 8. The summed E-state index contributed by atoms with van der Waals surface area (Å²) in [5, 5.41) is 0. The molecule has 0 aromatic heterocycles. The van der Waals surface area contributed by atoms with Gasteiger partial charge in [0.25, 0.3) is 0 Å². The van der Waals surface area contributed by atoms with Crippen molar-refractivity contribution in [3.63, 3.8) is 0 Å². The normalized spacial score (nSPS) is 20.2. The minimum atomic E-state index is -0.406. The Hall–Kier alpha value is -3.94. The van der Waals surface area contributed by atoms with E-state index in [0.717, 1.165) is 22.6 Å². The molecule has 2 amide bonds. The minimum absolute atomic E-state index is 0.304. The van der Waals surface area contributed by atoms with E-state index in [-0.39, 0.29) is 12.2 Å². The maximum absolute atomic E-state index is 12.7. The summed E-state index contributed by atoms with van der Waals surface area (Å²) in [5.74, 6) is 1.57. The molecule has 2 unspecified atom stereocenters. The van der Waals surface area contributed by atoms with E-state index < -0.39 is 6.04 Å². The van der Waals surface area contributed by atoms with Gasteiger partial charge >= 0.3 is 6.03 Å². The lowest BCUT2D eigenvalue weighted by molar-refractivity contribution is 0.225. The number of aliphatic imine (C=N–C) groups is 3. The number of methoxy groups -OCH3 is 2. The largest absolute Gasteiger partial charge is 0.497 e. The fraction of sp³-hybridized carbons (Fsp3) is 0.280. The Morgan fingerprint density at radius 1 is 1.00 bits per heavy atom. The van der Waals surface area contributed by atoms with Crippen molar-refractivity contribution < 1.29 is 14.3 Å². The lowest BCUT2D eigenvalue weighted by atomic mass is 10.1. The standard InChI is InChI=1S/C25H27N5O3/c1-5-26-24-23(27-16-29(24)14-18-6-10-20(32-3)11-7-18)22-17(2)30(25(31)28-22)15-19-8-12-21(33-4)13-9-19/h5-13,16,23-24H,2,14-15H2,1,3-4H3. The average molecular weight is 446 g/mol. The predicted molar refractivity (Wildman–Crippen MR) is 129 cm³/mol. The van der Waals surface area contributed by atoms with Crippen LogP contribution in [0.3, 0.4) is 0 Å². The fourth-order valence-corrected chi connectivity index (χ4v) is 3.89. The summed E-state index contributed by atoms with van der Waals surface area (Å²) in [6, 6.07) is 14.7. The molecule has 2 aromatic carbocycles. The molecule has 8 nitrogen and oxygen atoms in total. The van der Waals surface area contributed by atoms with Crippen LogP contribution < -0.4 is 9.47 Å². The summed E-state index contributed by atoms with van der Waals surface area (Å²) >= 11 is 0. The second-order valence-corrected chi connectivity index (χ2v) is 7.71. The molecule has 2 aliphatic heterocycles. The molecule has 0 radical (unpaired) electrons. The zero-order chi connectivity index (χ0) is 23.4. The Labute approximate surface area is 193 Å². The van der Waals surface area contributed by atoms with Gasteiger partial charge in [-0.3, -0.25) is 14.9 Å². The van der Waals surface area contributed by atoms with Gasteiger partial charge in [0.15, 0.2) is 0 Å². The van der Waals surface area contributed by atoms with E-state index in [1.807, 2.05) is 60.4 Å². The SMILES string of the molecule is C=C1C(C2N=CN(Cc3ccc(OC)cc3)C2N=CC)=NC(=O)N1Cc1ccc(OC)cc1. The molecule has 0 N–H and O–H groups in total. The number of hydrogen-bond acceptors (Lipinski definition) is 6. The van der Waals surface area contributed by atoms with E-state index in [0.29, 0.717) is 24.5 Å². The van der Waals surface area contributed by atoms with Crippen LogP contribution in [-0.4, -0.2) is 60.5 Å². The molecule has 2 heterocycles. The van der Waals surface area contributed by atoms with Gasteiger partial charge in [-0.15, -0.1) is 0 Å². The second kappa shape index (κ2) is 9.68. The summed E-state index contributed by atoms with van der Waals surface area (Å²) in [5.41, 5.74) is 3.17. The van der Waals surface area contributed by atoms with Crippen molar-refractivity contribution in [3.8, 4) is 11.5 Å². The summed E-state index contributed by atoms with van der Waals surface area (Å²) < 4.78 is 10.4. The first-order valence-electron chi connectivity index (χ1n) is 10.7. The van der Waals surface area contributed by atoms with Crippen LogP contribution >= 0.6 is 0 Å². The average Bonchev–Trinajstić information content (AvgIpc) is 3.35. The number of benzene rings is 2. The van der Waals surface area contributed by atoms with E-state index in [9.17, 15) is 4.79 Å². The molecule has 2 aliphatic rings. The highest BCUT2D eigenvalue weighted by Gasteiger charge is 2.40. The Kier molecular flexibility index (Phi) is 6.53. The van der Waals surface area contributed by atoms with Crippen LogP contribution in [0.1, 0.15) is 18.1 Å². The maximum Gasteiger partial charge on any atom is 0.348 e. The first-order valence-corrected chi connectivity index (χ1v) is 10.7. The summed E-state index contributed by atoms with van der Waals surface area (Å²) in [6.07, 6.45) is 3.23. The number of hydrogen-bond donors (Lipinski definition) is 0. The Morgan fingerprint density at radius 3 is 2.12 bits per heavy atom. The number of nitrogens with zero attached hydrogens (tertiary/aromatic N) is 5. The minimum Gasteiger partial charge on any atom is -0.497 e. The van der Waals surface area contributed by atoms with Gasteiger partial charge in [-0.2, -0.15) is 4.99 Å². The van der Waals surface area contributed by atoms with Crippen molar-refractivity contribution in [1.82, 2.24) is 9.80 Å². The van der Waals surface area contributed by atoms with Gasteiger partial charge in [-0.25, -0.2) is 4.79 Å². The van der Waals surface area contributed by atoms with E-state index in [1.165, 1.54) is 0 Å². The van der Waals surface area contributed by atoms with Gasteiger partial charge in [0.1, 0.15) is 23.7 Å². The summed E-state index contributed by atoms with van der Waals surface area (Å²) in [6.45, 7) is 7.02. The van der Waals surface area contributed by atoms with Crippen LogP contribution in [0, 0.1) is 0 Å². The van der Waals surface area contributed by atoms with Gasteiger partial charge in [-0.1, -0.05) is 30.8 Å². The van der Waals surface area contributed by atoms with Gasteiger partial charge < -0.3 is 14.4 Å². The molecule has 0 spiro atoms. The van der Waals surface area contributed by atoms with Crippen molar-refractivity contribution in [2.24, 2.45) is 15.0 Å². The van der Waals surface area contributed by atoms with Crippen LogP contribution in [0.5, 0.6) is 11.5 Å². The highest BCUT2D eigenvalue weighted by Crippen LogP contribution is 2.28. The zero-order valence-corrected chi connectivity index (χ0v) is 19.0. The Bertz CT molecular complexity index is 1110. The summed E-state index contributed by atoms with van der Waals surface area (Å²) in [4.78, 5) is 29.9. The van der Waals surface area contributed by atoms with Gasteiger partial charge in [-0.05, 0) is 48.5 Å². The predicted octanol–water partition coefficient (Wildman–Crippen LogP) is 3.92. The molecule has 0 saturated heterocycles. The number of carbonyl (C=O) groups excluding carboxylic acids is 1. The van der Waals surface area contributed by atoms with Crippen molar-refractivity contribution in [2.45, 2.75) is 32.2 Å². The molecule has 33 heavy (non-hydrogen) atoms. The number of amides is 2. The van der Waals surface area contributed by atoms with E-state index >= 15 is 0 Å². The van der Waals surface area contributed by atoms with E-state index in [4.69, 9.17) is 9.47 Å². The highest BCUT2D eigenvalue weighted by molar-refractivity contribution is 6.15. The van der Waals surface area contributed by atoms with Crippen molar-refractivity contribution in [2.75, 3.05) is 14.2 Å². The highest BCUT2D eigenvalue weighted by atomic mass is 16.5. The molecule has 170 valence electrons. The van der Waals surface area contributed by atoms with E-state index in [2.05, 4.69) is 21.6 Å². The first kappa shape index (κ1) is 22.3. The third-order valence-electron chi connectivity index (χ3n) is 5.67. The quantitative estimate of drug-likeness (QED) is 0.577. The molecule has 4 rings (SSSR count). The van der Waals surface area contributed by atoms with Crippen molar-refractivity contribution >= 4 is 24.3 Å². The Balaban J connectivity index is 1.48. The smallest absolute Gasteiger partial charge is 0.348 e. The molecular weight excluding hydrogens is 418 g/mol. The Morgan fingerprint density at radius 2 is 1.58 bits per heavy atom. The molecule has 2 atom stereocenters. The number of ether oxygens (including phenoxy) is 2. The third kappa shape index (κ3) is 4.64. The van der Waals surface area contributed by atoms with Crippen LogP contribution in [0.4, 0.5) is 4.79 Å². The monoisotopic (exact) mass is 445 g/mol. The second-order valence-electron chi connectivity index (χ2n) is 7.71. The number of urea groups is 1. The zero-order valence-electron chi connectivity index (χ0n) is 19.0. The fourth-order valence-electron chi connectivity index (χ4n) is 3.89. The molecule has 0 aliphatic carbocycles. The molecule has 0 saturated carbocycles. The topological polar surface area (TPSA) is 79.1 Å². The van der Waals surface area contributed by atoms with Crippen molar-refractivity contribution in [3.05, 3.63) is 71.9 Å². The summed E-state index contributed by atoms with van der Waals surface area (Å²) in [7, 11) is 3.27. The van der Waals surface area contributed by atoms with Crippen molar-refractivity contribution in [1.29, 1.82) is 0 Å². The van der Waals surface area contributed by atoms with Crippen LogP contribution in [-0.2, 0) is 13.1 Å². The molecule has 8 heteroatoms. The van der Waals surface area contributed by atoms with Gasteiger partial charge in [0, 0.05) is 6.54 Å². The molecule has 2 aromatic rings. The van der Waals surface area contributed by atoms with E-state index in [1.54, 1.807) is 31.7 Å². The first-order chi connectivity index (χ1) is 16.0. The maximum atomic E-state index is 12.7. The number of carbonyl (C=O) groups is 1. The van der Waals surface area contributed by atoms with Crippen LogP contribution in [0.15, 0.2) is 75.8 Å². The lowest BCUT2D eigenvalue weighted by Crippen LogP contribution is -2.39. The van der Waals surface area contributed by atoms with Gasteiger partial charge in [0.2, 0.25) is 0 Å². The molecular formula is C25H27N5O3. The van der Waals surface area contributed by atoms with Crippen LogP contribution in [0.2, 0.25) is 0 Å². The third-order valence-corrected chi connectivity index (χ3v) is 5.67.